The molecule has 33 heavy (non-hydrogen) atoms. The van der Waals surface area contributed by atoms with Gasteiger partial charge in [-0.15, -0.1) is 0 Å². The highest BCUT2D eigenvalue weighted by Gasteiger charge is 2.26. The number of carbonyl (C=O) groups is 2. The molecule has 0 saturated carbocycles. The average molecular weight is 474 g/mol. The second-order valence-electron chi connectivity index (χ2n) is 8.20. The summed E-state index contributed by atoms with van der Waals surface area (Å²) in [6.45, 7) is 6.61. The fourth-order valence-electron chi connectivity index (χ4n) is 3.58. The average Bonchev–Trinajstić information content (AvgIpc) is 2.78. The van der Waals surface area contributed by atoms with Crippen molar-refractivity contribution in [2.24, 2.45) is 0 Å². The molecular formula is C25H35N3O4S. The lowest BCUT2D eigenvalue weighted by Crippen LogP contribution is -2.47. The maximum Gasteiger partial charge on any atom is 0.242 e. The summed E-state index contributed by atoms with van der Waals surface area (Å²) in [7, 11) is -3.50. The summed E-state index contributed by atoms with van der Waals surface area (Å²) in [5.41, 5.74) is 2.39. The molecule has 0 aliphatic heterocycles. The van der Waals surface area contributed by atoms with Crippen LogP contribution in [0.1, 0.15) is 44.2 Å². The van der Waals surface area contributed by atoms with Crippen LogP contribution in [0.25, 0.3) is 0 Å². The van der Waals surface area contributed by atoms with Crippen LogP contribution >= 0.6 is 0 Å². The lowest BCUT2D eigenvalue weighted by Gasteiger charge is -2.29. The number of benzene rings is 2. The summed E-state index contributed by atoms with van der Waals surface area (Å²) >= 11 is 0. The fourth-order valence-corrected chi connectivity index (χ4v) is 4.61. The first-order valence-corrected chi connectivity index (χ1v) is 13.1. The van der Waals surface area contributed by atoms with Crippen molar-refractivity contribution in [1.29, 1.82) is 0 Å². The van der Waals surface area contributed by atoms with Crippen molar-refractivity contribution in [3.8, 4) is 0 Å². The third kappa shape index (κ3) is 7.89. The van der Waals surface area contributed by atoms with Gasteiger partial charge in [0.1, 0.15) is 6.04 Å². The second-order valence-corrected chi connectivity index (χ2v) is 10.1. The first-order chi connectivity index (χ1) is 15.6. The standard InChI is InChI=1S/C25H35N3O4S/c1-5-17-26-25(30)21(3)27(19-22-13-7-6-8-14-22)24(29)16-11-18-28(33(4,31)32)23-15-10-9-12-20(23)2/h6-10,12-15,21H,5,11,16-19H2,1-4H3,(H,26,30)/t21-/m1/s1. The molecule has 0 aliphatic carbocycles. The lowest BCUT2D eigenvalue weighted by molar-refractivity contribution is -0.140. The quantitative estimate of drug-likeness (QED) is 0.511. The maximum atomic E-state index is 13.2. The van der Waals surface area contributed by atoms with Gasteiger partial charge in [0.2, 0.25) is 21.8 Å². The van der Waals surface area contributed by atoms with Crippen molar-refractivity contribution in [2.75, 3.05) is 23.7 Å². The van der Waals surface area contributed by atoms with Gasteiger partial charge in [-0.2, -0.15) is 0 Å². The van der Waals surface area contributed by atoms with E-state index in [0.29, 0.717) is 25.2 Å². The number of aryl methyl sites for hydroxylation is 1. The van der Waals surface area contributed by atoms with Crippen molar-refractivity contribution in [2.45, 2.75) is 52.6 Å². The monoisotopic (exact) mass is 473 g/mol. The molecule has 0 fully saturated rings. The Bertz CT molecular complexity index is 1020. The SMILES string of the molecule is CCCNC(=O)[C@@H](C)N(Cc1ccccc1)C(=O)CCCN(c1ccccc1C)S(C)(=O)=O. The molecule has 2 aromatic rings. The topological polar surface area (TPSA) is 86.8 Å². The number of para-hydroxylation sites is 1. The summed E-state index contributed by atoms with van der Waals surface area (Å²) in [5.74, 6) is -0.380. The number of rotatable bonds is 12. The molecule has 0 spiro atoms. The zero-order valence-electron chi connectivity index (χ0n) is 20.0. The van der Waals surface area contributed by atoms with E-state index >= 15 is 0 Å². The molecule has 0 radical (unpaired) electrons. The van der Waals surface area contributed by atoms with E-state index in [0.717, 1.165) is 17.5 Å². The Morgan fingerprint density at radius 1 is 1.03 bits per heavy atom. The van der Waals surface area contributed by atoms with Crippen molar-refractivity contribution in [3.63, 3.8) is 0 Å². The van der Waals surface area contributed by atoms with E-state index < -0.39 is 16.1 Å². The van der Waals surface area contributed by atoms with Crippen LogP contribution in [0.5, 0.6) is 0 Å². The van der Waals surface area contributed by atoms with E-state index in [2.05, 4.69) is 5.32 Å². The minimum atomic E-state index is -3.50. The minimum Gasteiger partial charge on any atom is -0.354 e. The molecule has 0 saturated heterocycles. The third-order valence-electron chi connectivity index (χ3n) is 5.45. The summed E-state index contributed by atoms with van der Waals surface area (Å²) in [4.78, 5) is 27.3. The smallest absolute Gasteiger partial charge is 0.242 e. The van der Waals surface area contributed by atoms with Crippen molar-refractivity contribution in [1.82, 2.24) is 10.2 Å². The Kier molecular flexibility index (Phi) is 9.91. The number of hydrogen-bond donors (Lipinski definition) is 1. The number of sulfonamides is 1. The van der Waals surface area contributed by atoms with Crippen molar-refractivity contribution < 1.29 is 18.0 Å². The van der Waals surface area contributed by atoms with Gasteiger partial charge in [0.25, 0.3) is 0 Å². The van der Waals surface area contributed by atoms with E-state index in [4.69, 9.17) is 0 Å². The predicted octanol–water partition coefficient (Wildman–Crippen LogP) is 3.48. The molecular weight excluding hydrogens is 438 g/mol. The number of nitrogens with zero attached hydrogens (tertiary/aromatic N) is 2. The van der Waals surface area contributed by atoms with E-state index in [1.807, 2.05) is 56.3 Å². The molecule has 0 aromatic heterocycles. The van der Waals surface area contributed by atoms with Crippen LogP contribution in [0, 0.1) is 6.92 Å². The summed E-state index contributed by atoms with van der Waals surface area (Å²) in [5, 5.41) is 2.85. The molecule has 1 N–H and O–H groups in total. The van der Waals surface area contributed by atoms with Gasteiger partial charge < -0.3 is 10.2 Å². The van der Waals surface area contributed by atoms with E-state index in [-0.39, 0.29) is 24.8 Å². The van der Waals surface area contributed by atoms with Crippen LogP contribution in [-0.4, -0.2) is 50.5 Å². The third-order valence-corrected chi connectivity index (χ3v) is 6.63. The van der Waals surface area contributed by atoms with E-state index in [1.54, 1.807) is 24.0 Å². The van der Waals surface area contributed by atoms with E-state index in [1.165, 1.54) is 10.6 Å². The lowest BCUT2D eigenvalue weighted by atomic mass is 10.1. The van der Waals surface area contributed by atoms with Gasteiger partial charge in [-0.05, 0) is 43.9 Å². The summed E-state index contributed by atoms with van der Waals surface area (Å²) < 4.78 is 26.2. The number of carbonyl (C=O) groups excluding carboxylic acids is 2. The Morgan fingerprint density at radius 2 is 1.67 bits per heavy atom. The highest BCUT2D eigenvalue weighted by atomic mass is 32.2. The minimum absolute atomic E-state index is 0.135. The van der Waals surface area contributed by atoms with Crippen LogP contribution in [0.4, 0.5) is 5.69 Å². The predicted molar refractivity (Wildman–Crippen MR) is 132 cm³/mol. The molecule has 1 atom stereocenters. The maximum absolute atomic E-state index is 13.2. The van der Waals surface area contributed by atoms with Gasteiger partial charge in [0, 0.05) is 26.1 Å². The van der Waals surface area contributed by atoms with Gasteiger partial charge >= 0.3 is 0 Å². The Morgan fingerprint density at radius 3 is 2.27 bits per heavy atom. The van der Waals surface area contributed by atoms with Crippen LogP contribution in [0.3, 0.4) is 0 Å². The molecule has 7 nitrogen and oxygen atoms in total. The second kappa shape index (κ2) is 12.4. The first-order valence-electron chi connectivity index (χ1n) is 11.3. The van der Waals surface area contributed by atoms with Crippen molar-refractivity contribution in [3.05, 3.63) is 65.7 Å². The molecule has 0 heterocycles. The van der Waals surface area contributed by atoms with Gasteiger partial charge in [-0.25, -0.2) is 8.42 Å². The van der Waals surface area contributed by atoms with Crippen molar-refractivity contribution >= 4 is 27.5 Å². The van der Waals surface area contributed by atoms with Gasteiger partial charge in [-0.1, -0.05) is 55.5 Å². The fraction of sp³-hybridized carbons (Fsp3) is 0.440. The van der Waals surface area contributed by atoms with Crippen LogP contribution in [0.15, 0.2) is 54.6 Å². The molecule has 2 amide bonds. The molecule has 0 unspecified atom stereocenters. The Hall–Kier alpha value is -2.87. The number of amides is 2. The van der Waals surface area contributed by atoms with E-state index in [9.17, 15) is 18.0 Å². The normalized spacial score (nSPS) is 12.1. The highest BCUT2D eigenvalue weighted by Crippen LogP contribution is 2.23. The Labute approximate surface area is 197 Å². The summed E-state index contributed by atoms with van der Waals surface area (Å²) in [6, 6.07) is 16.2. The number of anilines is 1. The highest BCUT2D eigenvalue weighted by molar-refractivity contribution is 7.92. The molecule has 2 aromatic carbocycles. The largest absolute Gasteiger partial charge is 0.354 e. The zero-order chi connectivity index (χ0) is 24.4. The Balaban J connectivity index is 2.13. The molecule has 180 valence electrons. The van der Waals surface area contributed by atoms with Crippen LogP contribution in [0.2, 0.25) is 0 Å². The van der Waals surface area contributed by atoms with Crippen LogP contribution in [-0.2, 0) is 26.2 Å². The molecule has 8 heteroatoms. The van der Waals surface area contributed by atoms with Crippen LogP contribution < -0.4 is 9.62 Å². The van der Waals surface area contributed by atoms with Gasteiger partial charge in [0.15, 0.2) is 0 Å². The van der Waals surface area contributed by atoms with Gasteiger partial charge in [-0.3, -0.25) is 13.9 Å². The van der Waals surface area contributed by atoms with Gasteiger partial charge in [0.05, 0.1) is 11.9 Å². The molecule has 0 bridgehead atoms. The first kappa shape index (κ1) is 26.4. The zero-order valence-corrected chi connectivity index (χ0v) is 20.8. The molecule has 0 aliphatic rings. The number of nitrogens with one attached hydrogen (secondary N) is 1. The molecule has 2 rings (SSSR count). The summed E-state index contributed by atoms with van der Waals surface area (Å²) in [6.07, 6.45) is 2.46. The number of hydrogen-bond acceptors (Lipinski definition) is 4.